The van der Waals surface area contributed by atoms with Crippen molar-refractivity contribution < 1.29 is 13.9 Å². The monoisotopic (exact) mass is 446 g/mol. The molecule has 1 amide bonds. The Morgan fingerprint density at radius 2 is 1.66 bits per heavy atom. The largest absolute Gasteiger partial charge is 0.482 e. The summed E-state index contributed by atoms with van der Waals surface area (Å²) in [5.41, 5.74) is 5.06. The number of carbonyl (C=O) groups excluding carboxylic acids is 1. The van der Waals surface area contributed by atoms with E-state index in [9.17, 15) is 4.79 Å². The summed E-state index contributed by atoms with van der Waals surface area (Å²) in [6.45, 7) is 0.0340. The molecule has 0 unspecified atom stereocenters. The lowest BCUT2D eigenvalue weighted by Crippen LogP contribution is -2.25. The van der Waals surface area contributed by atoms with E-state index >= 15 is 0 Å². The van der Waals surface area contributed by atoms with E-state index in [-0.39, 0.29) is 12.5 Å². The Labute approximate surface area is 175 Å². The molecular weight excluding hydrogens is 432 g/mol. The molecule has 1 N–H and O–H groups in total. The number of halogens is 1. The second-order valence-corrected chi connectivity index (χ2v) is 7.57. The highest BCUT2D eigenvalue weighted by atomic mass is 79.9. The average molecular weight is 447 g/mol. The first kappa shape index (κ1) is 17.7. The van der Waals surface area contributed by atoms with Gasteiger partial charge in [-0.25, -0.2) is 4.98 Å². The van der Waals surface area contributed by atoms with Gasteiger partial charge in [-0.15, -0.1) is 0 Å². The van der Waals surface area contributed by atoms with Gasteiger partial charge in [-0.3, -0.25) is 4.79 Å². The van der Waals surface area contributed by atoms with Crippen LogP contribution in [-0.4, -0.2) is 17.5 Å². The zero-order chi connectivity index (χ0) is 19.8. The number of hydrogen-bond donors (Lipinski definition) is 1. The van der Waals surface area contributed by atoms with Crippen molar-refractivity contribution in [3.8, 4) is 39.6 Å². The van der Waals surface area contributed by atoms with Gasteiger partial charge in [-0.05, 0) is 54.6 Å². The van der Waals surface area contributed by atoms with Gasteiger partial charge in [0.05, 0.1) is 23.3 Å². The van der Waals surface area contributed by atoms with Gasteiger partial charge in [0.15, 0.2) is 6.61 Å². The molecule has 0 radical (unpaired) electrons. The summed E-state index contributed by atoms with van der Waals surface area (Å²) < 4.78 is 12.1. The summed E-state index contributed by atoms with van der Waals surface area (Å²) in [5, 5.41) is 2.85. The second kappa shape index (κ2) is 7.22. The SMILES string of the molecule is O=C1COc2ccc(-c3cc(-c4ccco4)cc(-c4ccc(Br)cc4)n3)cc2N1. The summed E-state index contributed by atoms with van der Waals surface area (Å²) >= 11 is 3.47. The van der Waals surface area contributed by atoms with Crippen molar-refractivity contribution in [3.63, 3.8) is 0 Å². The Hall–Kier alpha value is -3.38. The van der Waals surface area contributed by atoms with Crippen molar-refractivity contribution >= 4 is 27.5 Å². The topological polar surface area (TPSA) is 64.4 Å². The fraction of sp³-hybridized carbons (Fsp3) is 0.0435. The highest BCUT2D eigenvalue weighted by molar-refractivity contribution is 9.10. The standard InChI is InChI=1S/C23H15BrN2O3/c24-17-6-3-14(4-7-17)18-11-16(21-2-1-9-28-21)12-19(25-18)15-5-8-22-20(10-15)26-23(27)13-29-22/h1-12H,13H2,(H,26,27). The average Bonchev–Trinajstić information content (AvgIpc) is 3.28. The first-order valence-electron chi connectivity index (χ1n) is 9.05. The molecule has 5 rings (SSSR count). The number of aromatic nitrogens is 1. The third-order valence-electron chi connectivity index (χ3n) is 4.68. The number of carbonyl (C=O) groups is 1. The van der Waals surface area contributed by atoms with Crippen molar-refractivity contribution in [2.24, 2.45) is 0 Å². The maximum atomic E-state index is 11.7. The maximum Gasteiger partial charge on any atom is 0.262 e. The van der Waals surface area contributed by atoms with Gasteiger partial charge in [-0.1, -0.05) is 28.1 Å². The predicted octanol–water partition coefficient (Wildman–Crippen LogP) is 5.77. The summed E-state index contributed by atoms with van der Waals surface area (Å²) in [6, 6.07) is 21.5. The van der Waals surface area contributed by atoms with E-state index in [1.807, 2.05) is 66.7 Å². The minimum Gasteiger partial charge on any atom is -0.482 e. The van der Waals surface area contributed by atoms with Crippen LogP contribution in [0.5, 0.6) is 5.75 Å². The van der Waals surface area contributed by atoms with Crippen molar-refractivity contribution in [2.75, 3.05) is 11.9 Å². The first-order chi connectivity index (χ1) is 14.2. The molecule has 1 aliphatic heterocycles. The van der Waals surface area contributed by atoms with Gasteiger partial charge < -0.3 is 14.5 Å². The van der Waals surface area contributed by atoms with E-state index in [0.717, 1.165) is 38.3 Å². The van der Waals surface area contributed by atoms with Crippen LogP contribution >= 0.6 is 15.9 Å². The van der Waals surface area contributed by atoms with E-state index in [1.165, 1.54) is 0 Å². The van der Waals surface area contributed by atoms with Crippen LogP contribution in [0.2, 0.25) is 0 Å². The van der Waals surface area contributed by atoms with Crippen LogP contribution in [0.4, 0.5) is 5.69 Å². The molecule has 2 aromatic heterocycles. The number of ether oxygens (including phenoxy) is 1. The Morgan fingerprint density at radius 1 is 0.897 bits per heavy atom. The lowest BCUT2D eigenvalue weighted by molar-refractivity contribution is -0.118. The number of benzene rings is 2. The molecule has 0 spiro atoms. The quantitative estimate of drug-likeness (QED) is 0.433. The molecule has 0 bridgehead atoms. The van der Waals surface area contributed by atoms with Crippen LogP contribution in [0.25, 0.3) is 33.8 Å². The van der Waals surface area contributed by atoms with E-state index in [2.05, 4.69) is 21.2 Å². The molecule has 0 saturated heterocycles. The number of fused-ring (bicyclic) bond motifs is 1. The summed E-state index contributed by atoms with van der Waals surface area (Å²) in [4.78, 5) is 16.6. The molecule has 142 valence electrons. The molecule has 3 heterocycles. The van der Waals surface area contributed by atoms with Crippen LogP contribution in [0, 0.1) is 0 Å². The van der Waals surface area contributed by atoms with Crippen molar-refractivity contribution in [2.45, 2.75) is 0 Å². The number of nitrogens with one attached hydrogen (secondary N) is 1. The number of hydrogen-bond acceptors (Lipinski definition) is 4. The van der Waals surface area contributed by atoms with Gasteiger partial charge in [-0.2, -0.15) is 0 Å². The number of anilines is 1. The predicted molar refractivity (Wildman–Crippen MR) is 115 cm³/mol. The third kappa shape index (κ3) is 3.54. The summed E-state index contributed by atoms with van der Waals surface area (Å²) in [7, 11) is 0. The van der Waals surface area contributed by atoms with Gasteiger partial charge in [0.1, 0.15) is 11.5 Å². The first-order valence-corrected chi connectivity index (χ1v) is 9.84. The maximum absolute atomic E-state index is 11.7. The van der Waals surface area contributed by atoms with Gasteiger partial charge >= 0.3 is 0 Å². The number of furan rings is 1. The smallest absolute Gasteiger partial charge is 0.262 e. The fourth-order valence-electron chi connectivity index (χ4n) is 3.27. The zero-order valence-electron chi connectivity index (χ0n) is 15.2. The molecule has 1 aliphatic rings. The van der Waals surface area contributed by atoms with Crippen LogP contribution in [-0.2, 0) is 4.79 Å². The minimum absolute atomic E-state index is 0.0340. The van der Waals surface area contributed by atoms with E-state index in [1.54, 1.807) is 6.26 Å². The van der Waals surface area contributed by atoms with Gasteiger partial charge in [0.2, 0.25) is 0 Å². The molecule has 2 aromatic carbocycles. The van der Waals surface area contributed by atoms with Crippen molar-refractivity contribution in [1.29, 1.82) is 0 Å². The van der Waals surface area contributed by atoms with E-state index in [0.29, 0.717) is 11.4 Å². The van der Waals surface area contributed by atoms with Crippen LogP contribution in [0.3, 0.4) is 0 Å². The number of nitrogens with zero attached hydrogens (tertiary/aromatic N) is 1. The summed E-state index contributed by atoms with van der Waals surface area (Å²) in [5.74, 6) is 1.26. The normalized spacial score (nSPS) is 12.8. The van der Waals surface area contributed by atoms with Crippen LogP contribution in [0.15, 0.2) is 81.9 Å². The van der Waals surface area contributed by atoms with Crippen LogP contribution in [0.1, 0.15) is 0 Å². The molecular formula is C23H15BrN2O3. The molecule has 5 nitrogen and oxygen atoms in total. The Morgan fingerprint density at radius 3 is 2.41 bits per heavy atom. The summed E-state index contributed by atoms with van der Waals surface area (Å²) in [6.07, 6.45) is 1.65. The van der Waals surface area contributed by atoms with E-state index in [4.69, 9.17) is 14.1 Å². The van der Waals surface area contributed by atoms with Gasteiger partial charge in [0.25, 0.3) is 5.91 Å². The van der Waals surface area contributed by atoms with E-state index < -0.39 is 0 Å². The molecule has 0 atom stereocenters. The zero-order valence-corrected chi connectivity index (χ0v) is 16.8. The number of pyridine rings is 1. The lowest BCUT2D eigenvalue weighted by Gasteiger charge is -2.18. The second-order valence-electron chi connectivity index (χ2n) is 6.66. The molecule has 0 saturated carbocycles. The van der Waals surface area contributed by atoms with Gasteiger partial charge in [0, 0.05) is 21.2 Å². The highest BCUT2D eigenvalue weighted by Crippen LogP contribution is 2.35. The third-order valence-corrected chi connectivity index (χ3v) is 5.21. The molecule has 6 heteroatoms. The number of rotatable bonds is 3. The van der Waals surface area contributed by atoms with Crippen molar-refractivity contribution in [1.82, 2.24) is 4.98 Å². The lowest BCUT2D eigenvalue weighted by atomic mass is 10.0. The molecule has 0 fully saturated rings. The highest BCUT2D eigenvalue weighted by Gasteiger charge is 2.17. The Bertz CT molecular complexity index is 1200. The van der Waals surface area contributed by atoms with Crippen LogP contribution < -0.4 is 10.1 Å². The van der Waals surface area contributed by atoms with Crippen molar-refractivity contribution in [3.05, 3.63) is 77.5 Å². The minimum atomic E-state index is -0.164. The Balaban J connectivity index is 1.65. The molecule has 4 aromatic rings. The fourth-order valence-corrected chi connectivity index (χ4v) is 3.54. The Kier molecular flexibility index (Phi) is 4.41. The number of amides is 1. The molecule has 29 heavy (non-hydrogen) atoms. The molecule has 0 aliphatic carbocycles.